The van der Waals surface area contributed by atoms with E-state index in [1.807, 2.05) is 0 Å². The van der Waals surface area contributed by atoms with E-state index >= 15 is 0 Å². The van der Waals surface area contributed by atoms with Crippen molar-refractivity contribution in [1.29, 1.82) is 0 Å². The van der Waals surface area contributed by atoms with Gasteiger partial charge >= 0.3 is 0 Å². The fourth-order valence-electron chi connectivity index (χ4n) is 1.27. The van der Waals surface area contributed by atoms with Gasteiger partial charge in [-0.05, 0) is 36.4 Å². The van der Waals surface area contributed by atoms with Crippen LogP contribution in [0.4, 0.5) is 11.5 Å². The monoisotopic (exact) mass is 285 g/mol. The molecule has 2 aromatic rings. The normalized spacial score (nSPS) is 10.4. The molecule has 3 N–H and O–H groups in total. The van der Waals surface area contributed by atoms with Gasteiger partial charge < -0.3 is 5.73 Å². The number of pyridine rings is 1. The number of rotatable bonds is 3. The van der Waals surface area contributed by atoms with E-state index in [1.54, 1.807) is 18.2 Å². The molecule has 0 saturated carbocycles. The van der Waals surface area contributed by atoms with Gasteiger partial charge in [0, 0.05) is 11.9 Å². The molecule has 5 nitrogen and oxygen atoms in total. The number of nitrogen functional groups attached to an aromatic ring is 1. The van der Waals surface area contributed by atoms with Gasteiger partial charge in [0.15, 0.2) is 0 Å². The SMILES string of the molecule is Cl.Nc1ccc(S(=O)(=O)Nc2ccccn2)cc1. The first-order chi connectivity index (χ1) is 8.08. The van der Waals surface area contributed by atoms with E-state index in [-0.39, 0.29) is 23.1 Å². The van der Waals surface area contributed by atoms with Crippen LogP contribution in [-0.4, -0.2) is 13.4 Å². The number of hydrogen-bond donors (Lipinski definition) is 2. The molecule has 0 aliphatic heterocycles. The molecule has 96 valence electrons. The van der Waals surface area contributed by atoms with E-state index in [0.717, 1.165) is 0 Å². The van der Waals surface area contributed by atoms with Crippen LogP contribution in [-0.2, 0) is 10.0 Å². The third-order valence-electron chi connectivity index (χ3n) is 2.09. The van der Waals surface area contributed by atoms with Crippen molar-refractivity contribution >= 4 is 33.9 Å². The third kappa shape index (κ3) is 3.35. The molecule has 1 heterocycles. The highest BCUT2D eigenvalue weighted by molar-refractivity contribution is 7.92. The number of halogens is 1. The molecule has 0 spiro atoms. The van der Waals surface area contributed by atoms with E-state index in [0.29, 0.717) is 5.69 Å². The summed E-state index contributed by atoms with van der Waals surface area (Å²) in [6.07, 6.45) is 1.51. The maximum absolute atomic E-state index is 11.9. The number of hydrogen-bond acceptors (Lipinski definition) is 4. The van der Waals surface area contributed by atoms with Crippen molar-refractivity contribution in [2.24, 2.45) is 0 Å². The van der Waals surface area contributed by atoms with E-state index in [9.17, 15) is 8.42 Å². The lowest BCUT2D eigenvalue weighted by Crippen LogP contribution is -2.13. The average molecular weight is 286 g/mol. The Morgan fingerprint density at radius 1 is 1.06 bits per heavy atom. The largest absolute Gasteiger partial charge is 0.399 e. The van der Waals surface area contributed by atoms with Gasteiger partial charge in [0.2, 0.25) is 0 Å². The van der Waals surface area contributed by atoms with Crippen molar-refractivity contribution in [3.63, 3.8) is 0 Å². The second-order valence-electron chi connectivity index (χ2n) is 3.39. The lowest BCUT2D eigenvalue weighted by Gasteiger charge is -2.06. The molecule has 0 aliphatic rings. The molecule has 1 aromatic carbocycles. The first kappa shape index (κ1) is 14.3. The molecule has 7 heteroatoms. The Kier molecular flexibility index (Phi) is 4.52. The predicted octanol–water partition coefficient (Wildman–Crippen LogP) is 1.89. The van der Waals surface area contributed by atoms with Crippen LogP contribution >= 0.6 is 12.4 Å². The molecule has 0 bridgehead atoms. The molecule has 1 aromatic heterocycles. The van der Waals surface area contributed by atoms with Crippen LogP contribution in [0.15, 0.2) is 53.6 Å². The van der Waals surface area contributed by atoms with Crippen molar-refractivity contribution in [3.05, 3.63) is 48.7 Å². The number of nitrogens with zero attached hydrogens (tertiary/aromatic N) is 1. The van der Waals surface area contributed by atoms with Gasteiger partial charge in [-0.1, -0.05) is 6.07 Å². The van der Waals surface area contributed by atoms with Crippen LogP contribution in [0.1, 0.15) is 0 Å². The number of nitrogens with one attached hydrogen (secondary N) is 1. The van der Waals surface area contributed by atoms with Crippen molar-refractivity contribution in [2.75, 3.05) is 10.5 Å². The molecule has 0 aliphatic carbocycles. The van der Waals surface area contributed by atoms with Crippen molar-refractivity contribution in [3.8, 4) is 0 Å². The lowest BCUT2D eigenvalue weighted by atomic mass is 10.3. The van der Waals surface area contributed by atoms with Gasteiger partial charge in [0.05, 0.1) is 4.90 Å². The van der Waals surface area contributed by atoms with Crippen LogP contribution in [0.3, 0.4) is 0 Å². The summed E-state index contributed by atoms with van der Waals surface area (Å²) in [5.41, 5.74) is 6.01. The lowest BCUT2D eigenvalue weighted by molar-refractivity contribution is 0.601. The standard InChI is InChI=1S/C11H11N3O2S.ClH/c12-9-4-6-10(7-5-9)17(15,16)14-11-3-1-2-8-13-11;/h1-8H,12H2,(H,13,14);1H. The zero-order valence-corrected chi connectivity index (χ0v) is 10.9. The summed E-state index contributed by atoms with van der Waals surface area (Å²) in [4.78, 5) is 4.04. The Morgan fingerprint density at radius 2 is 1.72 bits per heavy atom. The third-order valence-corrected chi connectivity index (χ3v) is 3.46. The zero-order chi connectivity index (χ0) is 12.3. The fraction of sp³-hybridized carbons (Fsp3) is 0. The molecule has 0 amide bonds. The molecular weight excluding hydrogens is 274 g/mol. The van der Waals surface area contributed by atoms with E-state index in [2.05, 4.69) is 9.71 Å². The number of anilines is 2. The summed E-state index contributed by atoms with van der Waals surface area (Å²) < 4.78 is 26.2. The molecule has 2 rings (SSSR count). The van der Waals surface area contributed by atoms with E-state index in [1.165, 1.54) is 30.5 Å². The second-order valence-corrected chi connectivity index (χ2v) is 5.07. The summed E-state index contributed by atoms with van der Waals surface area (Å²) >= 11 is 0. The Labute approximate surface area is 112 Å². The Balaban J connectivity index is 0.00000162. The molecular formula is C11H12ClN3O2S. The first-order valence-corrected chi connectivity index (χ1v) is 6.36. The Morgan fingerprint density at radius 3 is 2.28 bits per heavy atom. The van der Waals surface area contributed by atoms with Crippen LogP contribution in [0.2, 0.25) is 0 Å². The summed E-state index contributed by atoms with van der Waals surface area (Å²) in [5, 5.41) is 0. The molecule has 0 radical (unpaired) electrons. The van der Waals surface area contributed by atoms with Crippen molar-refractivity contribution < 1.29 is 8.42 Å². The maximum atomic E-state index is 11.9. The minimum absolute atomic E-state index is 0. The van der Waals surface area contributed by atoms with Crippen LogP contribution < -0.4 is 10.5 Å². The second kappa shape index (κ2) is 5.70. The quantitative estimate of drug-likeness (QED) is 0.843. The minimum Gasteiger partial charge on any atom is -0.399 e. The van der Waals surface area contributed by atoms with E-state index < -0.39 is 10.0 Å². The topological polar surface area (TPSA) is 85.1 Å². The number of benzene rings is 1. The van der Waals surface area contributed by atoms with E-state index in [4.69, 9.17) is 5.73 Å². The van der Waals surface area contributed by atoms with Gasteiger partial charge in [-0.2, -0.15) is 0 Å². The Bertz CT molecular complexity index is 600. The molecule has 18 heavy (non-hydrogen) atoms. The smallest absolute Gasteiger partial charge is 0.263 e. The number of aromatic nitrogens is 1. The highest BCUT2D eigenvalue weighted by atomic mass is 35.5. The van der Waals surface area contributed by atoms with Gasteiger partial charge in [0.25, 0.3) is 10.0 Å². The predicted molar refractivity (Wildman–Crippen MR) is 73.1 cm³/mol. The van der Waals surface area contributed by atoms with Gasteiger partial charge in [-0.15, -0.1) is 12.4 Å². The highest BCUT2D eigenvalue weighted by Gasteiger charge is 2.13. The number of nitrogens with two attached hydrogens (primary N) is 1. The van der Waals surface area contributed by atoms with Gasteiger partial charge in [-0.25, -0.2) is 13.4 Å². The highest BCUT2D eigenvalue weighted by Crippen LogP contribution is 2.15. The van der Waals surface area contributed by atoms with Crippen LogP contribution in [0.5, 0.6) is 0 Å². The molecule has 0 saturated heterocycles. The summed E-state index contributed by atoms with van der Waals surface area (Å²) in [5.74, 6) is 0.282. The van der Waals surface area contributed by atoms with Crippen molar-refractivity contribution in [2.45, 2.75) is 4.90 Å². The van der Waals surface area contributed by atoms with Gasteiger partial charge in [-0.3, -0.25) is 4.72 Å². The van der Waals surface area contributed by atoms with Gasteiger partial charge in [0.1, 0.15) is 5.82 Å². The zero-order valence-electron chi connectivity index (χ0n) is 9.28. The summed E-state index contributed by atoms with van der Waals surface area (Å²) in [7, 11) is -3.60. The number of sulfonamides is 1. The minimum atomic E-state index is -3.60. The summed E-state index contributed by atoms with van der Waals surface area (Å²) in [6, 6.07) is 10.9. The van der Waals surface area contributed by atoms with Crippen LogP contribution in [0, 0.1) is 0 Å². The summed E-state index contributed by atoms with van der Waals surface area (Å²) in [6.45, 7) is 0. The first-order valence-electron chi connectivity index (χ1n) is 4.87. The molecule has 0 atom stereocenters. The van der Waals surface area contributed by atoms with Crippen molar-refractivity contribution in [1.82, 2.24) is 4.98 Å². The molecule has 0 fully saturated rings. The Hall–Kier alpha value is -1.79. The molecule has 0 unspecified atom stereocenters. The van der Waals surface area contributed by atoms with Crippen LogP contribution in [0.25, 0.3) is 0 Å². The maximum Gasteiger partial charge on any atom is 0.263 e. The average Bonchev–Trinajstić information content (AvgIpc) is 2.30. The fourth-order valence-corrected chi connectivity index (χ4v) is 2.28.